The van der Waals surface area contributed by atoms with Crippen LogP contribution in [0.5, 0.6) is 5.75 Å². The van der Waals surface area contributed by atoms with Gasteiger partial charge in [-0.2, -0.15) is 26.3 Å². The maximum atomic E-state index is 13.6. The monoisotopic (exact) mass is 476 g/mol. The molecule has 1 unspecified atom stereocenters. The van der Waals surface area contributed by atoms with Crippen LogP contribution in [0.3, 0.4) is 0 Å². The number of alkyl halides is 6. The number of hydrogen-bond donors (Lipinski definition) is 1. The van der Waals surface area contributed by atoms with Gasteiger partial charge in [-0.3, -0.25) is 4.98 Å². The lowest BCUT2D eigenvalue weighted by molar-refractivity contribution is -0.191. The average molecular weight is 476 g/mol. The van der Waals surface area contributed by atoms with Gasteiger partial charge in [0.15, 0.2) is 11.7 Å². The Morgan fingerprint density at radius 3 is 2.52 bits per heavy atom. The molecule has 0 spiro atoms. The van der Waals surface area contributed by atoms with Gasteiger partial charge in [-0.15, -0.1) is 0 Å². The molecule has 1 atom stereocenters. The number of H-pyrrole nitrogens is 1. The zero-order chi connectivity index (χ0) is 24.4. The summed E-state index contributed by atoms with van der Waals surface area (Å²) in [5, 5.41) is 0. The summed E-state index contributed by atoms with van der Waals surface area (Å²) in [4.78, 5) is 18.1. The number of aliphatic imine (C=N–C) groups is 1. The summed E-state index contributed by atoms with van der Waals surface area (Å²) in [6, 6.07) is 7.38. The molecule has 2 aromatic carbocycles. The van der Waals surface area contributed by atoms with Crippen LogP contribution < -0.4 is 10.5 Å². The Labute approximate surface area is 182 Å². The largest absolute Gasteiger partial charge is 0.481 e. The van der Waals surface area contributed by atoms with E-state index < -0.39 is 35.5 Å². The summed E-state index contributed by atoms with van der Waals surface area (Å²) in [6.45, 7) is 2.17. The van der Waals surface area contributed by atoms with Crippen molar-refractivity contribution in [2.24, 2.45) is 4.99 Å². The lowest BCUT2D eigenvalue weighted by Crippen LogP contribution is -2.32. The number of nitrogens with zero attached hydrogens (tertiary/aromatic N) is 1. The maximum Gasteiger partial charge on any atom is 0.425 e. The number of hydrogen-bond acceptors (Lipinski definition) is 5. The number of aromatic nitrogens is 1. The molecule has 0 saturated carbocycles. The van der Waals surface area contributed by atoms with E-state index in [9.17, 15) is 31.1 Å². The predicted molar refractivity (Wildman–Crippen MR) is 106 cm³/mol. The standard InChI is InChI=1S/C21H18F6N2O4/c1-3-31-18(28-10-13-5-4-6-15-17(13)33-19(30)29-15)12-7-8-16(14(9-12)21(25,26)27)32-11(2)20(22,23)24/h4-9,11H,3,10H2,1-2H3,(H,29,30). The van der Waals surface area contributed by atoms with Gasteiger partial charge < -0.3 is 13.9 Å². The molecule has 0 radical (unpaired) electrons. The number of oxazole rings is 1. The second kappa shape index (κ2) is 9.20. The highest BCUT2D eigenvalue weighted by Crippen LogP contribution is 2.38. The van der Waals surface area contributed by atoms with Crippen molar-refractivity contribution in [3.63, 3.8) is 0 Å². The Morgan fingerprint density at radius 1 is 1.15 bits per heavy atom. The van der Waals surface area contributed by atoms with E-state index in [4.69, 9.17) is 9.15 Å². The Kier molecular flexibility index (Phi) is 6.75. The van der Waals surface area contributed by atoms with Gasteiger partial charge in [0.1, 0.15) is 5.75 Å². The van der Waals surface area contributed by atoms with E-state index in [0.29, 0.717) is 24.1 Å². The van der Waals surface area contributed by atoms with E-state index >= 15 is 0 Å². The normalized spacial score (nSPS) is 13.9. The molecule has 0 amide bonds. The number of nitrogens with one attached hydrogen (secondary N) is 1. The molecule has 3 aromatic rings. The third-order valence-corrected chi connectivity index (χ3v) is 4.50. The molecule has 0 saturated heterocycles. The van der Waals surface area contributed by atoms with Gasteiger partial charge in [0.2, 0.25) is 5.90 Å². The highest BCUT2D eigenvalue weighted by Gasteiger charge is 2.41. The lowest BCUT2D eigenvalue weighted by Gasteiger charge is -2.21. The molecule has 0 aliphatic carbocycles. The van der Waals surface area contributed by atoms with Crippen molar-refractivity contribution in [2.45, 2.75) is 38.8 Å². The number of ether oxygens (including phenoxy) is 2. The topological polar surface area (TPSA) is 76.8 Å². The molecule has 33 heavy (non-hydrogen) atoms. The zero-order valence-corrected chi connectivity index (χ0v) is 17.3. The molecule has 178 valence electrons. The molecule has 1 heterocycles. The summed E-state index contributed by atoms with van der Waals surface area (Å²) in [5.41, 5.74) is -0.382. The maximum absolute atomic E-state index is 13.6. The Balaban J connectivity index is 1.99. The van der Waals surface area contributed by atoms with Gasteiger partial charge in [-0.25, -0.2) is 9.79 Å². The average Bonchev–Trinajstić information content (AvgIpc) is 3.10. The van der Waals surface area contributed by atoms with E-state index in [-0.39, 0.29) is 30.2 Å². The first-order valence-corrected chi connectivity index (χ1v) is 9.63. The fourth-order valence-electron chi connectivity index (χ4n) is 2.92. The van der Waals surface area contributed by atoms with Crippen LogP contribution in [0.2, 0.25) is 0 Å². The van der Waals surface area contributed by atoms with Crippen LogP contribution >= 0.6 is 0 Å². The number of para-hydroxylation sites is 1. The van der Waals surface area contributed by atoms with E-state index in [1.54, 1.807) is 25.1 Å². The van der Waals surface area contributed by atoms with E-state index in [2.05, 4.69) is 14.7 Å². The predicted octanol–water partition coefficient (Wildman–Crippen LogP) is 5.45. The number of rotatable bonds is 6. The summed E-state index contributed by atoms with van der Waals surface area (Å²) in [5.74, 6) is -1.82. The van der Waals surface area contributed by atoms with Crippen molar-refractivity contribution in [3.05, 3.63) is 63.6 Å². The lowest BCUT2D eigenvalue weighted by atomic mass is 10.1. The molecule has 3 rings (SSSR count). The number of aromatic amines is 1. The van der Waals surface area contributed by atoms with Gasteiger partial charge in [0, 0.05) is 11.1 Å². The fraction of sp³-hybridized carbons (Fsp3) is 0.333. The van der Waals surface area contributed by atoms with Crippen LogP contribution in [0.25, 0.3) is 11.1 Å². The minimum atomic E-state index is -4.99. The van der Waals surface area contributed by atoms with Gasteiger partial charge in [-0.1, -0.05) is 12.1 Å². The molecule has 1 aromatic heterocycles. The summed E-state index contributed by atoms with van der Waals surface area (Å²) in [6.07, 6.45) is -12.3. The van der Waals surface area contributed by atoms with Crippen molar-refractivity contribution in [3.8, 4) is 5.75 Å². The van der Waals surface area contributed by atoms with Crippen LogP contribution in [-0.2, 0) is 17.5 Å². The van der Waals surface area contributed by atoms with Crippen LogP contribution in [0.15, 0.2) is 50.6 Å². The fourth-order valence-corrected chi connectivity index (χ4v) is 2.92. The number of fused-ring (bicyclic) bond motifs is 1. The molecule has 0 aliphatic rings. The second-order valence-electron chi connectivity index (χ2n) is 6.87. The quantitative estimate of drug-likeness (QED) is 0.292. The third kappa shape index (κ3) is 5.68. The van der Waals surface area contributed by atoms with Crippen molar-refractivity contribution in [2.75, 3.05) is 6.61 Å². The Hall–Kier alpha value is -3.44. The molecule has 0 fully saturated rings. The Bertz CT molecular complexity index is 1210. The smallest absolute Gasteiger partial charge is 0.425 e. The molecule has 12 heteroatoms. The number of benzene rings is 2. The van der Waals surface area contributed by atoms with E-state index in [0.717, 1.165) is 12.1 Å². The highest BCUT2D eigenvalue weighted by atomic mass is 19.4. The minimum Gasteiger partial charge on any atom is -0.481 e. The van der Waals surface area contributed by atoms with Crippen LogP contribution in [-0.4, -0.2) is 29.8 Å². The molecule has 1 N–H and O–H groups in total. The summed E-state index contributed by atoms with van der Waals surface area (Å²) >= 11 is 0. The Morgan fingerprint density at radius 2 is 1.88 bits per heavy atom. The van der Waals surface area contributed by atoms with Gasteiger partial charge in [0.25, 0.3) is 0 Å². The van der Waals surface area contributed by atoms with Crippen molar-refractivity contribution >= 4 is 17.0 Å². The molecular formula is C21H18F6N2O4. The van der Waals surface area contributed by atoms with Crippen LogP contribution in [0.4, 0.5) is 26.3 Å². The van der Waals surface area contributed by atoms with Crippen molar-refractivity contribution in [1.82, 2.24) is 4.98 Å². The SMILES string of the molecule is CCOC(=NCc1cccc2[nH]c(=O)oc12)c1ccc(OC(C)C(F)(F)F)c(C(F)(F)F)c1. The van der Waals surface area contributed by atoms with Gasteiger partial charge in [0.05, 0.1) is 24.2 Å². The van der Waals surface area contributed by atoms with Crippen LogP contribution in [0.1, 0.15) is 30.5 Å². The van der Waals surface area contributed by atoms with E-state index in [1.165, 1.54) is 0 Å². The second-order valence-corrected chi connectivity index (χ2v) is 6.87. The summed E-state index contributed by atoms with van der Waals surface area (Å²) < 4.78 is 94.0. The van der Waals surface area contributed by atoms with Crippen LogP contribution in [0, 0.1) is 0 Å². The van der Waals surface area contributed by atoms with E-state index in [1.807, 2.05) is 0 Å². The van der Waals surface area contributed by atoms with Crippen molar-refractivity contribution < 1.29 is 40.2 Å². The third-order valence-electron chi connectivity index (χ3n) is 4.50. The number of halogens is 6. The molecule has 0 bridgehead atoms. The molecule has 0 aliphatic heterocycles. The van der Waals surface area contributed by atoms with Gasteiger partial charge in [-0.05, 0) is 38.1 Å². The first-order chi connectivity index (χ1) is 15.4. The highest BCUT2D eigenvalue weighted by molar-refractivity contribution is 5.94. The van der Waals surface area contributed by atoms with Gasteiger partial charge >= 0.3 is 18.1 Å². The summed E-state index contributed by atoms with van der Waals surface area (Å²) in [7, 11) is 0. The first-order valence-electron chi connectivity index (χ1n) is 9.63. The zero-order valence-electron chi connectivity index (χ0n) is 17.3. The molecular weight excluding hydrogens is 458 g/mol. The van der Waals surface area contributed by atoms with Crippen molar-refractivity contribution in [1.29, 1.82) is 0 Å². The minimum absolute atomic E-state index is 0.0625. The first kappa shape index (κ1) is 24.2. The molecule has 6 nitrogen and oxygen atoms in total.